The highest BCUT2D eigenvalue weighted by atomic mass is 79.9. The maximum Gasteiger partial charge on any atom is 0.137 e. The molecule has 0 unspecified atom stereocenters. The maximum atomic E-state index is 13.4. The lowest BCUT2D eigenvalue weighted by molar-refractivity contribution is -0.118. The fourth-order valence-corrected chi connectivity index (χ4v) is 2.03. The first-order valence-corrected chi connectivity index (χ1v) is 6.58. The summed E-state index contributed by atoms with van der Waals surface area (Å²) in [5, 5.41) is 0. The highest BCUT2D eigenvalue weighted by molar-refractivity contribution is 9.10. The van der Waals surface area contributed by atoms with Gasteiger partial charge in [0.1, 0.15) is 11.6 Å². The summed E-state index contributed by atoms with van der Waals surface area (Å²) in [5.74, 6) is -0.234. The second-order valence-corrected chi connectivity index (χ2v) is 4.97. The van der Waals surface area contributed by atoms with Crippen molar-refractivity contribution in [3.8, 4) is 0 Å². The standard InChI is InChI=1S/C13H17BrFNO/c14-11-5-6-13(15)10(8-11)9-12(17)4-2-1-3-7-16/h5-6,8H,1-4,7,9,16H2. The van der Waals surface area contributed by atoms with Crippen LogP contribution in [0.5, 0.6) is 0 Å². The third kappa shape index (κ3) is 5.41. The number of carbonyl (C=O) groups is 1. The fraction of sp³-hybridized carbons (Fsp3) is 0.462. The van der Waals surface area contributed by atoms with Crippen LogP contribution in [0.2, 0.25) is 0 Å². The first-order valence-electron chi connectivity index (χ1n) is 5.79. The predicted octanol–water partition coefficient (Wildman–Crippen LogP) is 3.22. The minimum absolute atomic E-state index is 0.0824. The van der Waals surface area contributed by atoms with Crippen molar-refractivity contribution in [1.82, 2.24) is 0 Å². The summed E-state index contributed by atoms with van der Waals surface area (Å²) in [6.07, 6.45) is 3.42. The van der Waals surface area contributed by atoms with E-state index in [-0.39, 0.29) is 18.0 Å². The predicted molar refractivity (Wildman–Crippen MR) is 70.3 cm³/mol. The minimum atomic E-state index is -0.316. The Hall–Kier alpha value is -0.740. The zero-order valence-electron chi connectivity index (χ0n) is 9.72. The molecule has 17 heavy (non-hydrogen) atoms. The van der Waals surface area contributed by atoms with Gasteiger partial charge >= 0.3 is 0 Å². The molecular formula is C13H17BrFNO. The van der Waals surface area contributed by atoms with E-state index < -0.39 is 0 Å². The van der Waals surface area contributed by atoms with E-state index in [1.54, 1.807) is 12.1 Å². The number of Topliss-reactive ketones (excluding diaryl/α,β-unsaturated/α-hetero) is 1. The molecule has 0 heterocycles. The van der Waals surface area contributed by atoms with Crippen molar-refractivity contribution < 1.29 is 9.18 Å². The molecule has 0 aliphatic heterocycles. The molecule has 1 aromatic carbocycles. The van der Waals surface area contributed by atoms with E-state index in [1.165, 1.54) is 6.07 Å². The van der Waals surface area contributed by atoms with Gasteiger partial charge in [0.05, 0.1) is 0 Å². The Morgan fingerprint density at radius 2 is 2.06 bits per heavy atom. The van der Waals surface area contributed by atoms with Gasteiger partial charge in [-0.25, -0.2) is 4.39 Å². The van der Waals surface area contributed by atoms with E-state index in [4.69, 9.17) is 5.73 Å². The third-order valence-corrected chi connectivity index (χ3v) is 3.05. The quantitative estimate of drug-likeness (QED) is 0.786. The first kappa shape index (κ1) is 14.3. The van der Waals surface area contributed by atoms with Crippen LogP contribution in [0.1, 0.15) is 31.2 Å². The number of unbranched alkanes of at least 4 members (excludes halogenated alkanes) is 2. The average Bonchev–Trinajstić information content (AvgIpc) is 2.29. The minimum Gasteiger partial charge on any atom is -0.330 e. The monoisotopic (exact) mass is 301 g/mol. The largest absolute Gasteiger partial charge is 0.330 e. The van der Waals surface area contributed by atoms with Gasteiger partial charge in [-0.3, -0.25) is 4.79 Å². The van der Waals surface area contributed by atoms with Crippen LogP contribution in [0, 0.1) is 5.82 Å². The summed E-state index contributed by atoms with van der Waals surface area (Å²) in [4.78, 5) is 11.6. The van der Waals surface area contributed by atoms with E-state index >= 15 is 0 Å². The Kier molecular flexibility index (Phi) is 6.37. The maximum absolute atomic E-state index is 13.4. The zero-order chi connectivity index (χ0) is 12.7. The number of carbonyl (C=O) groups excluding carboxylic acids is 1. The van der Waals surface area contributed by atoms with Crippen molar-refractivity contribution in [1.29, 1.82) is 0 Å². The number of halogens is 2. The molecule has 0 saturated heterocycles. The molecule has 4 heteroatoms. The van der Waals surface area contributed by atoms with E-state index in [0.29, 0.717) is 18.5 Å². The molecule has 2 nitrogen and oxygen atoms in total. The van der Waals surface area contributed by atoms with Gasteiger partial charge in [0.15, 0.2) is 0 Å². The molecule has 0 atom stereocenters. The molecule has 1 aromatic rings. The van der Waals surface area contributed by atoms with Gasteiger partial charge in [-0.1, -0.05) is 22.4 Å². The molecule has 0 radical (unpaired) electrons. The van der Waals surface area contributed by atoms with Crippen LogP contribution in [-0.2, 0) is 11.2 Å². The molecule has 0 aliphatic rings. The molecule has 0 saturated carbocycles. The van der Waals surface area contributed by atoms with Gasteiger partial charge < -0.3 is 5.73 Å². The van der Waals surface area contributed by atoms with Crippen molar-refractivity contribution >= 4 is 21.7 Å². The van der Waals surface area contributed by atoms with E-state index in [2.05, 4.69) is 15.9 Å². The summed E-state index contributed by atoms with van der Waals surface area (Å²) in [5.41, 5.74) is 5.83. The van der Waals surface area contributed by atoms with Crippen molar-refractivity contribution in [2.75, 3.05) is 6.54 Å². The Balaban J connectivity index is 2.42. The molecule has 0 aliphatic carbocycles. The molecule has 0 amide bonds. The highest BCUT2D eigenvalue weighted by Crippen LogP contribution is 2.17. The van der Waals surface area contributed by atoms with Crippen LogP contribution in [0.4, 0.5) is 4.39 Å². The summed E-state index contributed by atoms with van der Waals surface area (Å²) < 4.78 is 14.2. The molecule has 0 aromatic heterocycles. The lowest BCUT2D eigenvalue weighted by Gasteiger charge is -2.03. The molecule has 94 valence electrons. The van der Waals surface area contributed by atoms with Gasteiger partial charge in [-0.15, -0.1) is 0 Å². The van der Waals surface area contributed by atoms with Gasteiger partial charge in [-0.2, -0.15) is 0 Å². The summed E-state index contributed by atoms with van der Waals surface area (Å²) >= 11 is 3.27. The molecular weight excluding hydrogens is 285 g/mol. The van der Waals surface area contributed by atoms with Crippen LogP contribution < -0.4 is 5.73 Å². The average molecular weight is 302 g/mol. The van der Waals surface area contributed by atoms with Crippen molar-refractivity contribution in [3.63, 3.8) is 0 Å². The lowest BCUT2D eigenvalue weighted by atomic mass is 10.0. The number of hydrogen-bond acceptors (Lipinski definition) is 2. The molecule has 0 fully saturated rings. The molecule has 0 spiro atoms. The van der Waals surface area contributed by atoms with Crippen molar-refractivity contribution in [2.45, 2.75) is 32.1 Å². The third-order valence-electron chi connectivity index (χ3n) is 2.56. The summed E-state index contributed by atoms with van der Waals surface area (Å²) in [6.45, 7) is 0.661. The van der Waals surface area contributed by atoms with Gasteiger partial charge in [-0.05, 0) is 43.1 Å². The second-order valence-electron chi connectivity index (χ2n) is 4.05. The summed E-state index contributed by atoms with van der Waals surface area (Å²) in [7, 11) is 0. The fourth-order valence-electron chi connectivity index (χ4n) is 1.62. The molecule has 0 bridgehead atoms. The first-order chi connectivity index (χ1) is 8.13. The Bertz CT molecular complexity index is 382. The Morgan fingerprint density at radius 1 is 1.29 bits per heavy atom. The second kappa shape index (κ2) is 7.56. The zero-order valence-corrected chi connectivity index (χ0v) is 11.3. The van der Waals surface area contributed by atoms with Gasteiger partial charge in [0.25, 0.3) is 0 Å². The summed E-state index contributed by atoms with van der Waals surface area (Å²) in [6, 6.07) is 4.67. The van der Waals surface area contributed by atoms with Crippen LogP contribution in [0.3, 0.4) is 0 Å². The Morgan fingerprint density at radius 3 is 2.76 bits per heavy atom. The molecule has 1 rings (SSSR count). The van der Waals surface area contributed by atoms with E-state index in [1.807, 2.05) is 0 Å². The van der Waals surface area contributed by atoms with Crippen LogP contribution >= 0.6 is 15.9 Å². The number of rotatable bonds is 7. The highest BCUT2D eigenvalue weighted by Gasteiger charge is 2.08. The van der Waals surface area contributed by atoms with Gasteiger partial charge in [0.2, 0.25) is 0 Å². The lowest BCUT2D eigenvalue weighted by Crippen LogP contribution is -2.05. The topological polar surface area (TPSA) is 43.1 Å². The number of ketones is 1. The number of nitrogens with two attached hydrogens (primary N) is 1. The SMILES string of the molecule is NCCCCCC(=O)Cc1cc(Br)ccc1F. The molecule has 2 N–H and O–H groups in total. The van der Waals surface area contributed by atoms with Crippen LogP contribution in [0.25, 0.3) is 0 Å². The smallest absolute Gasteiger partial charge is 0.137 e. The van der Waals surface area contributed by atoms with E-state index in [0.717, 1.165) is 23.7 Å². The normalized spacial score (nSPS) is 10.5. The van der Waals surface area contributed by atoms with E-state index in [9.17, 15) is 9.18 Å². The van der Waals surface area contributed by atoms with Crippen molar-refractivity contribution in [2.24, 2.45) is 5.73 Å². The van der Waals surface area contributed by atoms with Crippen molar-refractivity contribution in [3.05, 3.63) is 34.1 Å². The van der Waals surface area contributed by atoms with Crippen LogP contribution in [0.15, 0.2) is 22.7 Å². The van der Waals surface area contributed by atoms with Crippen LogP contribution in [-0.4, -0.2) is 12.3 Å². The number of hydrogen-bond donors (Lipinski definition) is 1. The van der Waals surface area contributed by atoms with Gasteiger partial charge in [0, 0.05) is 17.3 Å². The number of benzene rings is 1. The Labute approximate surface area is 110 Å².